The quantitative estimate of drug-likeness (QED) is 0.904. The van der Waals surface area contributed by atoms with Gasteiger partial charge in [-0.05, 0) is 55.8 Å². The number of ether oxygens (including phenoxy) is 2. The van der Waals surface area contributed by atoms with Crippen molar-refractivity contribution in [3.63, 3.8) is 0 Å². The second-order valence-corrected chi connectivity index (χ2v) is 6.20. The van der Waals surface area contributed by atoms with Crippen molar-refractivity contribution in [2.24, 2.45) is 11.1 Å². The normalized spacial score (nSPS) is 22.7. The summed E-state index contributed by atoms with van der Waals surface area (Å²) in [6.45, 7) is 6.59. The third kappa shape index (κ3) is 1.65. The van der Waals surface area contributed by atoms with Gasteiger partial charge in [-0.1, -0.05) is 6.07 Å². The van der Waals surface area contributed by atoms with Crippen molar-refractivity contribution < 1.29 is 9.47 Å². The molecule has 2 fully saturated rings. The highest BCUT2D eigenvalue weighted by molar-refractivity contribution is 5.49. The third-order valence-corrected chi connectivity index (χ3v) is 5.29. The Balaban J connectivity index is 2.12. The van der Waals surface area contributed by atoms with Gasteiger partial charge in [0.25, 0.3) is 0 Å². The molecule has 0 aromatic heterocycles. The Kier molecular flexibility index (Phi) is 2.88. The van der Waals surface area contributed by atoms with Crippen LogP contribution in [0.4, 0.5) is 0 Å². The van der Waals surface area contributed by atoms with E-state index < -0.39 is 0 Å². The Bertz CT molecular complexity index is 502. The van der Waals surface area contributed by atoms with Gasteiger partial charge in [-0.15, -0.1) is 0 Å². The van der Waals surface area contributed by atoms with Crippen molar-refractivity contribution in [3.05, 3.63) is 28.8 Å². The first kappa shape index (κ1) is 12.9. The average Bonchev–Trinajstić information content (AvgIpc) is 3.13. The molecule has 0 amide bonds. The molecule has 3 nitrogen and oxygen atoms in total. The van der Waals surface area contributed by atoms with Crippen LogP contribution in [0.5, 0.6) is 5.75 Å². The highest BCUT2D eigenvalue weighted by Gasteiger charge is 2.63. The van der Waals surface area contributed by atoms with Crippen molar-refractivity contribution in [1.29, 1.82) is 0 Å². The standard InChI is InChI=1S/C16H23NO2/c1-11-6-13(14(18-3)7-12(11)2)16(9-19-10-16)15(8-17)4-5-15/h6-7H,4-5,8-10,17H2,1-3H3. The minimum absolute atomic E-state index is 0.0750. The summed E-state index contributed by atoms with van der Waals surface area (Å²) >= 11 is 0. The summed E-state index contributed by atoms with van der Waals surface area (Å²) in [4.78, 5) is 0. The molecule has 1 saturated carbocycles. The van der Waals surface area contributed by atoms with E-state index in [1.165, 1.54) is 29.5 Å². The number of aryl methyl sites for hydroxylation is 2. The van der Waals surface area contributed by atoms with Crippen LogP contribution in [0.3, 0.4) is 0 Å². The minimum atomic E-state index is 0.0750. The fraction of sp³-hybridized carbons (Fsp3) is 0.625. The van der Waals surface area contributed by atoms with Crippen LogP contribution >= 0.6 is 0 Å². The lowest BCUT2D eigenvalue weighted by atomic mass is 9.65. The van der Waals surface area contributed by atoms with E-state index in [1.807, 2.05) is 0 Å². The second-order valence-electron chi connectivity index (χ2n) is 6.20. The van der Waals surface area contributed by atoms with Gasteiger partial charge in [-0.3, -0.25) is 0 Å². The molecule has 1 heterocycles. The number of hydrogen-bond acceptors (Lipinski definition) is 3. The molecule has 1 aliphatic carbocycles. The second kappa shape index (κ2) is 4.22. The Labute approximate surface area is 115 Å². The van der Waals surface area contributed by atoms with Crippen LogP contribution in [0.2, 0.25) is 0 Å². The highest BCUT2D eigenvalue weighted by Crippen LogP contribution is 2.63. The van der Waals surface area contributed by atoms with Crippen LogP contribution < -0.4 is 10.5 Å². The van der Waals surface area contributed by atoms with Gasteiger partial charge in [0, 0.05) is 5.56 Å². The lowest BCUT2D eigenvalue weighted by Gasteiger charge is -2.48. The molecule has 1 saturated heterocycles. The van der Waals surface area contributed by atoms with Gasteiger partial charge in [-0.25, -0.2) is 0 Å². The van der Waals surface area contributed by atoms with E-state index in [1.54, 1.807) is 7.11 Å². The van der Waals surface area contributed by atoms with Crippen molar-refractivity contribution in [1.82, 2.24) is 0 Å². The van der Waals surface area contributed by atoms with Crippen molar-refractivity contribution >= 4 is 0 Å². The Morgan fingerprint density at radius 2 is 1.84 bits per heavy atom. The number of rotatable bonds is 4. The maximum Gasteiger partial charge on any atom is 0.123 e. The molecule has 0 spiro atoms. The van der Waals surface area contributed by atoms with E-state index in [9.17, 15) is 0 Å². The van der Waals surface area contributed by atoms with Gasteiger partial charge < -0.3 is 15.2 Å². The topological polar surface area (TPSA) is 44.5 Å². The first-order valence-corrected chi connectivity index (χ1v) is 7.02. The highest BCUT2D eigenvalue weighted by atomic mass is 16.5. The maximum atomic E-state index is 6.06. The van der Waals surface area contributed by atoms with Gasteiger partial charge in [-0.2, -0.15) is 0 Å². The van der Waals surface area contributed by atoms with E-state index in [4.69, 9.17) is 15.2 Å². The lowest BCUT2D eigenvalue weighted by Crippen LogP contribution is -2.56. The summed E-state index contributed by atoms with van der Waals surface area (Å²) in [6.07, 6.45) is 2.42. The minimum Gasteiger partial charge on any atom is -0.496 e. The summed E-state index contributed by atoms with van der Waals surface area (Å²) in [7, 11) is 1.75. The number of nitrogens with two attached hydrogens (primary N) is 1. The van der Waals surface area contributed by atoms with Gasteiger partial charge in [0.15, 0.2) is 0 Å². The monoisotopic (exact) mass is 261 g/mol. The summed E-state index contributed by atoms with van der Waals surface area (Å²) in [5.74, 6) is 0.992. The Hall–Kier alpha value is -1.06. The van der Waals surface area contributed by atoms with Gasteiger partial charge in [0.05, 0.1) is 25.7 Å². The summed E-state index contributed by atoms with van der Waals surface area (Å²) in [5.41, 5.74) is 10.3. The van der Waals surface area contributed by atoms with E-state index >= 15 is 0 Å². The van der Waals surface area contributed by atoms with Crippen LogP contribution in [0.25, 0.3) is 0 Å². The predicted octanol–water partition coefficient (Wildman–Crippen LogP) is 2.32. The Morgan fingerprint density at radius 3 is 2.26 bits per heavy atom. The SMILES string of the molecule is COc1cc(C)c(C)cc1C1(C2(CN)CC2)COC1. The molecule has 0 bridgehead atoms. The summed E-state index contributed by atoms with van der Waals surface area (Å²) in [6, 6.07) is 4.43. The first-order valence-electron chi connectivity index (χ1n) is 7.02. The molecule has 1 aromatic carbocycles. The van der Waals surface area contributed by atoms with Crippen molar-refractivity contribution in [2.45, 2.75) is 32.1 Å². The number of hydrogen-bond donors (Lipinski definition) is 1. The van der Waals surface area contributed by atoms with Crippen LogP contribution in [0, 0.1) is 19.3 Å². The van der Waals surface area contributed by atoms with E-state index in [0.717, 1.165) is 25.5 Å². The third-order valence-electron chi connectivity index (χ3n) is 5.29. The molecule has 2 N–H and O–H groups in total. The molecular weight excluding hydrogens is 238 g/mol. The largest absolute Gasteiger partial charge is 0.496 e. The molecule has 3 heteroatoms. The fourth-order valence-corrected chi connectivity index (χ4v) is 3.42. The summed E-state index contributed by atoms with van der Waals surface area (Å²) in [5, 5.41) is 0. The molecule has 104 valence electrons. The Morgan fingerprint density at radius 1 is 1.21 bits per heavy atom. The molecule has 0 atom stereocenters. The zero-order valence-electron chi connectivity index (χ0n) is 12.1. The molecule has 2 aliphatic rings. The van der Waals surface area contributed by atoms with Crippen LogP contribution in [-0.2, 0) is 10.2 Å². The number of methoxy groups -OCH3 is 1. The molecule has 1 aliphatic heterocycles. The first-order chi connectivity index (χ1) is 9.08. The van der Waals surface area contributed by atoms with Gasteiger partial charge in [0.2, 0.25) is 0 Å². The van der Waals surface area contributed by atoms with Crippen molar-refractivity contribution in [3.8, 4) is 5.75 Å². The van der Waals surface area contributed by atoms with Crippen LogP contribution in [0.1, 0.15) is 29.5 Å². The van der Waals surface area contributed by atoms with Gasteiger partial charge >= 0.3 is 0 Å². The van der Waals surface area contributed by atoms with Crippen molar-refractivity contribution in [2.75, 3.05) is 26.9 Å². The lowest BCUT2D eigenvalue weighted by molar-refractivity contribution is -0.0981. The molecule has 0 radical (unpaired) electrons. The average molecular weight is 261 g/mol. The molecular formula is C16H23NO2. The molecule has 19 heavy (non-hydrogen) atoms. The zero-order valence-corrected chi connectivity index (χ0v) is 12.1. The van der Waals surface area contributed by atoms with Crippen LogP contribution in [0.15, 0.2) is 12.1 Å². The number of benzene rings is 1. The molecule has 1 aromatic rings. The van der Waals surface area contributed by atoms with Gasteiger partial charge in [0.1, 0.15) is 5.75 Å². The maximum absolute atomic E-state index is 6.06. The summed E-state index contributed by atoms with van der Waals surface area (Å²) < 4.78 is 11.2. The predicted molar refractivity (Wildman–Crippen MR) is 75.7 cm³/mol. The molecule has 3 rings (SSSR count). The molecule has 0 unspecified atom stereocenters. The smallest absolute Gasteiger partial charge is 0.123 e. The van der Waals surface area contributed by atoms with E-state index in [2.05, 4.69) is 26.0 Å². The zero-order chi connectivity index (χ0) is 13.7. The fourth-order valence-electron chi connectivity index (χ4n) is 3.42. The van der Waals surface area contributed by atoms with E-state index in [-0.39, 0.29) is 10.8 Å². The van der Waals surface area contributed by atoms with Crippen LogP contribution in [-0.4, -0.2) is 26.9 Å². The van der Waals surface area contributed by atoms with E-state index in [0.29, 0.717) is 0 Å².